The highest BCUT2D eigenvalue weighted by molar-refractivity contribution is 6.01. The van der Waals surface area contributed by atoms with Crippen molar-refractivity contribution < 1.29 is 24.2 Å². The molecule has 0 aromatic carbocycles. The monoisotopic (exact) mass is 246 g/mol. The summed E-state index contributed by atoms with van der Waals surface area (Å²) in [4.78, 5) is 22.5. The average Bonchev–Trinajstić information content (AvgIpc) is 2.31. The molecule has 0 aliphatic rings. The summed E-state index contributed by atoms with van der Waals surface area (Å²) >= 11 is 0. The summed E-state index contributed by atoms with van der Waals surface area (Å²) in [5.74, 6) is -1.80. The van der Waals surface area contributed by atoms with Crippen molar-refractivity contribution in [1.29, 1.82) is 0 Å². The van der Waals surface area contributed by atoms with E-state index in [1.54, 1.807) is 6.92 Å². The number of ether oxygens (including phenoxy) is 2. The number of carbonyl (C=O) groups is 2. The second kappa shape index (κ2) is 8.20. The molecule has 0 spiro atoms. The van der Waals surface area contributed by atoms with Crippen molar-refractivity contribution in [2.75, 3.05) is 6.61 Å². The molecule has 0 aromatic heterocycles. The summed E-state index contributed by atoms with van der Waals surface area (Å²) in [6.07, 6.45) is -0.310. The Bertz CT molecular complexity index is 251. The van der Waals surface area contributed by atoms with Crippen LogP contribution in [-0.2, 0) is 19.1 Å². The number of rotatable bonds is 9. The minimum Gasteiger partial charge on any atom is -0.479 e. The zero-order valence-corrected chi connectivity index (χ0v) is 10.9. The Kier molecular flexibility index (Phi) is 7.74. The van der Waals surface area contributed by atoms with Crippen LogP contribution in [0.2, 0.25) is 0 Å². The lowest BCUT2D eigenvalue weighted by Gasteiger charge is -2.18. The molecule has 3 atom stereocenters. The number of Topliss-reactive ketones (excluding diaryl/α,β-unsaturated/α-hetero) is 1. The van der Waals surface area contributed by atoms with Crippen LogP contribution in [0.3, 0.4) is 0 Å². The lowest BCUT2D eigenvalue weighted by Crippen LogP contribution is -2.38. The van der Waals surface area contributed by atoms with Crippen molar-refractivity contribution in [3.63, 3.8) is 0 Å². The van der Waals surface area contributed by atoms with Crippen molar-refractivity contribution in [2.24, 2.45) is 0 Å². The molecule has 0 saturated carbocycles. The molecule has 0 amide bonds. The Morgan fingerprint density at radius 1 is 1.12 bits per heavy atom. The number of carbonyl (C=O) groups excluding carboxylic acids is 1. The van der Waals surface area contributed by atoms with E-state index >= 15 is 0 Å². The minimum atomic E-state index is -1.42. The first-order valence-corrected chi connectivity index (χ1v) is 5.94. The van der Waals surface area contributed by atoms with Crippen LogP contribution in [0.5, 0.6) is 0 Å². The summed E-state index contributed by atoms with van der Waals surface area (Å²) < 4.78 is 10.4. The first-order valence-electron chi connectivity index (χ1n) is 5.94. The van der Waals surface area contributed by atoms with Crippen molar-refractivity contribution in [3.05, 3.63) is 0 Å². The molecule has 0 aliphatic heterocycles. The predicted octanol–water partition coefficient (Wildman–Crippen LogP) is 1.64. The molecular formula is C12H22O5. The summed E-state index contributed by atoms with van der Waals surface area (Å²) in [5, 5.41) is 8.91. The zero-order valence-electron chi connectivity index (χ0n) is 10.9. The van der Waals surface area contributed by atoms with Crippen LogP contribution >= 0.6 is 0 Å². The van der Waals surface area contributed by atoms with Gasteiger partial charge >= 0.3 is 5.97 Å². The van der Waals surface area contributed by atoms with E-state index in [0.29, 0.717) is 6.42 Å². The summed E-state index contributed by atoms with van der Waals surface area (Å²) in [7, 11) is 0. The number of aliphatic carboxylic acids is 1. The molecule has 17 heavy (non-hydrogen) atoms. The van der Waals surface area contributed by atoms with Gasteiger partial charge < -0.3 is 14.6 Å². The quantitative estimate of drug-likeness (QED) is 0.626. The Hall–Kier alpha value is -0.940. The van der Waals surface area contributed by atoms with Crippen molar-refractivity contribution in [1.82, 2.24) is 0 Å². The molecule has 100 valence electrons. The van der Waals surface area contributed by atoms with Gasteiger partial charge in [0, 0.05) is 0 Å². The summed E-state index contributed by atoms with van der Waals surface area (Å²) in [6, 6.07) is 0. The maximum atomic E-state index is 11.6. The van der Waals surface area contributed by atoms with Crippen molar-refractivity contribution in [2.45, 2.75) is 58.8 Å². The van der Waals surface area contributed by atoms with Gasteiger partial charge in [0.1, 0.15) is 6.61 Å². The van der Waals surface area contributed by atoms with Gasteiger partial charge in [0.15, 0.2) is 5.78 Å². The molecule has 0 rings (SSSR count). The third-order valence-corrected chi connectivity index (χ3v) is 2.55. The van der Waals surface area contributed by atoms with Crippen LogP contribution < -0.4 is 0 Å². The van der Waals surface area contributed by atoms with E-state index in [-0.39, 0.29) is 18.8 Å². The molecule has 0 radical (unpaired) electrons. The predicted molar refractivity (Wildman–Crippen MR) is 63.0 cm³/mol. The third kappa shape index (κ3) is 6.38. The van der Waals surface area contributed by atoms with Crippen molar-refractivity contribution in [3.8, 4) is 0 Å². The number of carboxylic acids is 1. The van der Waals surface area contributed by atoms with E-state index in [4.69, 9.17) is 14.6 Å². The van der Waals surface area contributed by atoms with Crippen LogP contribution in [0.25, 0.3) is 0 Å². The third-order valence-electron chi connectivity index (χ3n) is 2.55. The van der Waals surface area contributed by atoms with E-state index < -0.39 is 17.9 Å². The van der Waals surface area contributed by atoms with Crippen LogP contribution in [-0.4, -0.2) is 41.8 Å². The lowest BCUT2D eigenvalue weighted by molar-refractivity contribution is -0.162. The Morgan fingerprint density at radius 2 is 1.65 bits per heavy atom. The molecule has 0 saturated heterocycles. The fourth-order valence-electron chi connectivity index (χ4n) is 1.02. The van der Waals surface area contributed by atoms with Crippen LogP contribution in [0, 0.1) is 0 Å². The fraction of sp³-hybridized carbons (Fsp3) is 0.833. The summed E-state index contributed by atoms with van der Waals surface area (Å²) in [5.41, 5.74) is 0. The standard InChI is InChI=1S/C12H22O5/c1-5-8(3)16-7-10(13)11(12(14)15)17-9(4)6-2/h8-9,11H,5-7H2,1-4H3,(H,14,15). The normalized spacial score (nSPS) is 16.2. The van der Waals surface area contributed by atoms with E-state index in [1.807, 2.05) is 20.8 Å². The Balaban J connectivity index is 4.30. The van der Waals surface area contributed by atoms with Gasteiger partial charge in [-0.25, -0.2) is 4.79 Å². The van der Waals surface area contributed by atoms with Gasteiger partial charge in [0.2, 0.25) is 6.10 Å². The maximum absolute atomic E-state index is 11.6. The maximum Gasteiger partial charge on any atom is 0.340 e. The fourth-order valence-corrected chi connectivity index (χ4v) is 1.02. The number of ketones is 1. The molecule has 5 heteroatoms. The number of hydrogen-bond acceptors (Lipinski definition) is 4. The largest absolute Gasteiger partial charge is 0.479 e. The molecule has 0 heterocycles. The molecule has 0 aliphatic carbocycles. The van der Waals surface area contributed by atoms with Crippen LogP contribution in [0.4, 0.5) is 0 Å². The van der Waals surface area contributed by atoms with Gasteiger partial charge in [-0.15, -0.1) is 0 Å². The minimum absolute atomic E-state index is 0.0583. The van der Waals surface area contributed by atoms with E-state index in [0.717, 1.165) is 6.42 Å². The van der Waals surface area contributed by atoms with Gasteiger partial charge in [-0.3, -0.25) is 4.79 Å². The number of hydrogen-bond donors (Lipinski definition) is 1. The van der Waals surface area contributed by atoms with E-state index in [9.17, 15) is 9.59 Å². The Morgan fingerprint density at radius 3 is 2.06 bits per heavy atom. The molecule has 0 fully saturated rings. The topological polar surface area (TPSA) is 72.8 Å². The highest BCUT2D eigenvalue weighted by atomic mass is 16.5. The van der Waals surface area contributed by atoms with Gasteiger partial charge in [-0.2, -0.15) is 0 Å². The van der Waals surface area contributed by atoms with E-state index in [1.165, 1.54) is 0 Å². The average molecular weight is 246 g/mol. The molecular weight excluding hydrogens is 224 g/mol. The first kappa shape index (κ1) is 16.1. The van der Waals surface area contributed by atoms with Gasteiger partial charge in [-0.1, -0.05) is 13.8 Å². The second-order valence-corrected chi connectivity index (χ2v) is 4.07. The second-order valence-electron chi connectivity index (χ2n) is 4.07. The van der Waals surface area contributed by atoms with Gasteiger partial charge in [0.25, 0.3) is 0 Å². The molecule has 0 aromatic rings. The van der Waals surface area contributed by atoms with Crippen LogP contribution in [0.1, 0.15) is 40.5 Å². The molecule has 0 bridgehead atoms. The highest BCUT2D eigenvalue weighted by Gasteiger charge is 2.28. The lowest BCUT2D eigenvalue weighted by atomic mass is 10.2. The van der Waals surface area contributed by atoms with Crippen LogP contribution in [0.15, 0.2) is 0 Å². The first-order chi connectivity index (χ1) is 7.92. The van der Waals surface area contributed by atoms with E-state index in [2.05, 4.69) is 0 Å². The summed E-state index contributed by atoms with van der Waals surface area (Å²) in [6.45, 7) is 7.14. The highest BCUT2D eigenvalue weighted by Crippen LogP contribution is 2.05. The van der Waals surface area contributed by atoms with Gasteiger partial charge in [-0.05, 0) is 26.7 Å². The smallest absolute Gasteiger partial charge is 0.340 e. The molecule has 1 N–H and O–H groups in total. The SMILES string of the molecule is CCC(C)OCC(=O)C(OC(C)CC)C(=O)O. The van der Waals surface area contributed by atoms with Crippen molar-refractivity contribution >= 4 is 11.8 Å². The van der Waals surface area contributed by atoms with Gasteiger partial charge in [0.05, 0.1) is 12.2 Å². The Labute approximate surface area is 102 Å². The zero-order chi connectivity index (χ0) is 13.4. The number of carboxylic acid groups (broad SMARTS) is 1. The molecule has 3 unspecified atom stereocenters. The molecule has 5 nitrogen and oxygen atoms in total.